The minimum atomic E-state index is -3.63. The van der Waals surface area contributed by atoms with Gasteiger partial charge in [-0.25, -0.2) is 8.42 Å². The summed E-state index contributed by atoms with van der Waals surface area (Å²) in [7, 11) is -3.63. The minimum Gasteiger partial charge on any atom is -0.376 e. The Morgan fingerprint density at radius 3 is 2.50 bits per heavy atom. The maximum atomic E-state index is 12.7. The van der Waals surface area contributed by atoms with E-state index >= 15 is 0 Å². The van der Waals surface area contributed by atoms with Gasteiger partial charge in [0.1, 0.15) is 0 Å². The molecule has 1 saturated heterocycles. The lowest BCUT2D eigenvalue weighted by Gasteiger charge is -2.20. The summed E-state index contributed by atoms with van der Waals surface area (Å²) in [5.74, 6) is -0.849. The molecule has 0 aromatic heterocycles. The lowest BCUT2D eigenvalue weighted by molar-refractivity contribution is -0.116. The topological polar surface area (TPSA) is 105 Å². The van der Waals surface area contributed by atoms with Crippen LogP contribution in [0, 0.1) is 6.92 Å². The number of carbonyl (C=O) groups excluding carboxylic acids is 2. The van der Waals surface area contributed by atoms with Crippen LogP contribution in [0.5, 0.6) is 0 Å². The molecule has 1 fully saturated rings. The monoisotopic (exact) mass is 459 g/mol. The maximum absolute atomic E-state index is 12.7. The van der Waals surface area contributed by atoms with Gasteiger partial charge < -0.3 is 15.4 Å². The number of anilines is 1. The standard InChI is InChI=1S/C23H29N3O5S/c1-17-9-11-18(12-10-17)15-26(32(2,29)30)16-22(27)25-21-8-4-3-7-20(21)23(28)24-14-19-6-5-13-31-19/h3-4,7-12,19H,5-6,13-16H2,1-2H3,(H,24,28)(H,25,27). The molecule has 2 aromatic carbocycles. The summed E-state index contributed by atoms with van der Waals surface area (Å²) in [4.78, 5) is 25.3. The fraction of sp³-hybridized carbons (Fsp3) is 0.391. The smallest absolute Gasteiger partial charge is 0.253 e. The Balaban J connectivity index is 1.65. The molecule has 0 bridgehead atoms. The molecule has 1 aliphatic heterocycles. The normalized spacial score (nSPS) is 16.2. The van der Waals surface area contributed by atoms with Gasteiger partial charge in [0.05, 0.1) is 30.2 Å². The summed E-state index contributed by atoms with van der Waals surface area (Å²) in [5, 5.41) is 5.51. The van der Waals surface area contributed by atoms with Crippen molar-refractivity contribution in [3.63, 3.8) is 0 Å². The molecule has 0 aliphatic carbocycles. The van der Waals surface area contributed by atoms with Gasteiger partial charge in [-0.15, -0.1) is 0 Å². The Labute approximate surface area is 189 Å². The van der Waals surface area contributed by atoms with Crippen molar-refractivity contribution in [2.75, 3.05) is 31.3 Å². The number of benzene rings is 2. The quantitative estimate of drug-likeness (QED) is 0.599. The lowest BCUT2D eigenvalue weighted by atomic mass is 10.1. The van der Waals surface area contributed by atoms with Crippen LogP contribution in [-0.2, 0) is 26.1 Å². The molecule has 9 heteroatoms. The molecular weight excluding hydrogens is 430 g/mol. The summed E-state index contributed by atoms with van der Waals surface area (Å²) >= 11 is 0. The first-order valence-electron chi connectivity index (χ1n) is 10.5. The molecule has 0 radical (unpaired) electrons. The van der Waals surface area contributed by atoms with Crippen LogP contribution in [0.25, 0.3) is 0 Å². The third-order valence-electron chi connectivity index (χ3n) is 5.23. The highest BCUT2D eigenvalue weighted by Gasteiger charge is 2.22. The number of rotatable bonds is 9. The lowest BCUT2D eigenvalue weighted by Crippen LogP contribution is -2.37. The average molecular weight is 460 g/mol. The molecular formula is C23H29N3O5S. The Morgan fingerprint density at radius 2 is 1.84 bits per heavy atom. The van der Waals surface area contributed by atoms with Crippen LogP contribution in [-0.4, -0.2) is 56.6 Å². The SMILES string of the molecule is Cc1ccc(CN(CC(=O)Nc2ccccc2C(=O)NCC2CCCO2)S(C)(=O)=O)cc1. The fourth-order valence-electron chi connectivity index (χ4n) is 3.43. The zero-order valence-corrected chi connectivity index (χ0v) is 19.2. The molecule has 1 atom stereocenters. The second kappa shape index (κ2) is 10.7. The zero-order chi connectivity index (χ0) is 23.1. The van der Waals surface area contributed by atoms with Gasteiger partial charge in [-0.05, 0) is 37.5 Å². The van der Waals surface area contributed by atoms with Crippen molar-refractivity contribution < 1.29 is 22.7 Å². The van der Waals surface area contributed by atoms with E-state index < -0.39 is 15.9 Å². The van der Waals surface area contributed by atoms with E-state index in [-0.39, 0.29) is 25.1 Å². The van der Waals surface area contributed by atoms with E-state index in [1.165, 1.54) is 0 Å². The van der Waals surface area contributed by atoms with Crippen molar-refractivity contribution in [3.05, 3.63) is 65.2 Å². The van der Waals surface area contributed by atoms with E-state index in [0.717, 1.165) is 34.5 Å². The predicted octanol–water partition coefficient (Wildman–Crippen LogP) is 2.30. The van der Waals surface area contributed by atoms with E-state index in [9.17, 15) is 18.0 Å². The van der Waals surface area contributed by atoms with Gasteiger partial charge in [0.15, 0.2) is 0 Å². The summed E-state index contributed by atoms with van der Waals surface area (Å²) in [6.07, 6.45) is 2.96. The number of nitrogens with one attached hydrogen (secondary N) is 2. The molecule has 1 unspecified atom stereocenters. The first-order valence-corrected chi connectivity index (χ1v) is 12.4. The number of aryl methyl sites for hydroxylation is 1. The highest BCUT2D eigenvalue weighted by molar-refractivity contribution is 7.88. The first kappa shape index (κ1) is 23.9. The molecule has 1 aliphatic rings. The summed E-state index contributed by atoms with van der Waals surface area (Å²) in [6, 6.07) is 14.1. The molecule has 1 heterocycles. The first-order chi connectivity index (χ1) is 15.2. The number of hydrogen-bond acceptors (Lipinski definition) is 5. The number of carbonyl (C=O) groups is 2. The number of ether oxygens (including phenoxy) is 1. The van der Waals surface area contributed by atoms with Crippen molar-refractivity contribution in [2.45, 2.75) is 32.4 Å². The van der Waals surface area contributed by atoms with Gasteiger partial charge in [-0.3, -0.25) is 9.59 Å². The molecule has 8 nitrogen and oxygen atoms in total. The van der Waals surface area contributed by atoms with Crippen molar-refractivity contribution in [2.24, 2.45) is 0 Å². The van der Waals surface area contributed by atoms with Gasteiger partial charge in [0.25, 0.3) is 5.91 Å². The van der Waals surface area contributed by atoms with E-state index in [1.807, 2.05) is 31.2 Å². The third-order valence-corrected chi connectivity index (χ3v) is 6.42. The number of hydrogen-bond donors (Lipinski definition) is 2. The Hall–Kier alpha value is -2.75. The molecule has 32 heavy (non-hydrogen) atoms. The summed E-state index contributed by atoms with van der Waals surface area (Å²) in [6.45, 7) is 2.76. The third kappa shape index (κ3) is 6.88. The summed E-state index contributed by atoms with van der Waals surface area (Å²) in [5.41, 5.74) is 2.48. The number of para-hydroxylation sites is 1. The zero-order valence-electron chi connectivity index (χ0n) is 18.3. The molecule has 172 valence electrons. The van der Waals surface area contributed by atoms with Crippen LogP contribution in [0.15, 0.2) is 48.5 Å². The van der Waals surface area contributed by atoms with Crippen molar-refractivity contribution in [3.8, 4) is 0 Å². The van der Waals surface area contributed by atoms with E-state index in [1.54, 1.807) is 24.3 Å². The Bertz CT molecular complexity index is 1050. The van der Waals surface area contributed by atoms with Crippen LogP contribution in [0.2, 0.25) is 0 Å². The molecule has 2 aromatic rings. The number of nitrogens with zero attached hydrogens (tertiary/aromatic N) is 1. The Morgan fingerprint density at radius 1 is 1.12 bits per heavy atom. The maximum Gasteiger partial charge on any atom is 0.253 e. The number of sulfonamides is 1. The minimum absolute atomic E-state index is 0.00537. The van der Waals surface area contributed by atoms with Crippen molar-refractivity contribution >= 4 is 27.5 Å². The van der Waals surface area contributed by atoms with Crippen LogP contribution in [0.3, 0.4) is 0 Å². The van der Waals surface area contributed by atoms with Crippen LogP contribution in [0.4, 0.5) is 5.69 Å². The molecule has 2 amide bonds. The van der Waals surface area contributed by atoms with Gasteiger partial charge >= 0.3 is 0 Å². The predicted molar refractivity (Wildman–Crippen MR) is 123 cm³/mol. The van der Waals surface area contributed by atoms with Crippen molar-refractivity contribution in [1.82, 2.24) is 9.62 Å². The summed E-state index contributed by atoms with van der Waals surface area (Å²) < 4.78 is 31.1. The van der Waals surface area contributed by atoms with Crippen LogP contribution in [0.1, 0.15) is 34.3 Å². The second-order valence-electron chi connectivity index (χ2n) is 7.96. The second-order valence-corrected chi connectivity index (χ2v) is 9.94. The fourth-order valence-corrected chi connectivity index (χ4v) is 4.17. The highest BCUT2D eigenvalue weighted by atomic mass is 32.2. The Kier molecular flexibility index (Phi) is 8.00. The van der Waals surface area contributed by atoms with E-state index in [0.29, 0.717) is 24.4 Å². The molecule has 0 spiro atoms. The van der Waals surface area contributed by atoms with Crippen LogP contribution < -0.4 is 10.6 Å². The molecule has 2 N–H and O–H groups in total. The molecule has 0 saturated carbocycles. The van der Waals surface area contributed by atoms with Crippen LogP contribution >= 0.6 is 0 Å². The van der Waals surface area contributed by atoms with Gasteiger partial charge in [0, 0.05) is 19.7 Å². The van der Waals surface area contributed by atoms with E-state index in [4.69, 9.17) is 4.74 Å². The van der Waals surface area contributed by atoms with Crippen molar-refractivity contribution in [1.29, 1.82) is 0 Å². The van der Waals surface area contributed by atoms with Gasteiger partial charge in [-0.1, -0.05) is 42.0 Å². The van der Waals surface area contributed by atoms with E-state index in [2.05, 4.69) is 10.6 Å². The molecule has 3 rings (SSSR count). The van der Waals surface area contributed by atoms with Gasteiger partial charge in [-0.2, -0.15) is 4.31 Å². The number of amides is 2. The van der Waals surface area contributed by atoms with Gasteiger partial charge in [0.2, 0.25) is 15.9 Å². The highest BCUT2D eigenvalue weighted by Crippen LogP contribution is 2.17. The largest absolute Gasteiger partial charge is 0.376 e. The average Bonchev–Trinajstić information content (AvgIpc) is 3.26.